The summed E-state index contributed by atoms with van der Waals surface area (Å²) in [4.78, 5) is 12.2. The molecule has 2 heterocycles. The lowest BCUT2D eigenvalue weighted by molar-refractivity contribution is -0.120. The fourth-order valence-corrected chi connectivity index (χ4v) is 3.30. The SMILES string of the molecule is C[C@@H](Sc1nnc(-c2ccccc2Cl)n1C)C(=O)NCc1ccco1. The van der Waals surface area contributed by atoms with Crippen molar-refractivity contribution in [3.05, 3.63) is 53.4 Å². The van der Waals surface area contributed by atoms with Gasteiger partial charge in [-0.2, -0.15) is 0 Å². The van der Waals surface area contributed by atoms with Crippen LogP contribution in [0.25, 0.3) is 11.4 Å². The van der Waals surface area contributed by atoms with Gasteiger partial charge in [-0.05, 0) is 31.2 Å². The van der Waals surface area contributed by atoms with Gasteiger partial charge >= 0.3 is 0 Å². The first-order valence-electron chi connectivity index (χ1n) is 7.67. The van der Waals surface area contributed by atoms with E-state index in [0.717, 1.165) is 5.56 Å². The highest BCUT2D eigenvalue weighted by molar-refractivity contribution is 8.00. The molecule has 0 fully saturated rings. The molecular weight excluding hydrogens is 360 g/mol. The normalized spacial score (nSPS) is 12.1. The average Bonchev–Trinajstić information content (AvgIpc) is 3.24. The Balaban J connectivity index is 1.67. The highest BCUT2D eigenvalue weighted by Crippen LogP contribution is 2.29. The van der Waals surface area contributed by atoms with E-state index in [1.54, 1.807) is 12.3 Å². The molecule has 0 saturated carbocycles. The Morgan fingerprint density at radius 3 is 2.84 bits per heavy atom. The fraction of sp³-hybridized carbons (Fsp3) is 0.235. The van der Waals surface area contributed by atoms with Crippen LogP contribution >= 0.6 is 23.4 Å². The molecule has 8 heteroatoms. The minimum absolute atomic E-state index is 0.0938. The quantitative estimate of drug-likeness (QED) is 0.666. The summed E-state index contributed by atoms with van der Waals surface area (Å²) in [5, 5.41) is 12.2. The number of carbonyl (C=O) groups is 1. The maximum Gasteiger partial charge on any atom is 0.233 e. The molecule has 0 radical (unpaired) electrons. The number of nitrogens with one attached hydrogen (secondary N) is 1. The topological polar surface area (TPSA) is 73.0 Å². The van der Waals surface area contributed by atoms with Gasteiger partial charge in [0.1, 0.15) is 5.76 Å². The zero-order valence-corrected chi connectivity index (χ0v) is 15.3. The van der Waals surface area contributed by atoms with Crippen molar-refractivity contribution in [2.24, 2.45) is 7.05 Å². The number of hydrogen-bond donors (Lipinski definition) is 1. The lowest BCUT2D eigenvalue weighted by Crippen LogP contribution is -2.30. The van der Waals surface area contributed by atoms with Crippen molar-refractivity contribution in [2.45, 2.75) is 23.9 Å². The van der Waals surface area contributed by atoms with Crippen molar-refractivity contribution < 1.29 is 9.21 Å². The van der Waals surface area contributed by atoms with E-state index in [1.807, 2.05) is 48.9 Å². The highest BCUT2D eigenvalue weighted by Gasteiger charge is 2.20. The molecule has 1 aromatic carbocycles. The van der Waals surface area contributed by atoms with Gasteiger partial charge in [0, 0.05) is 12.6 Å². The minimum Gasteiger partial charge on any atom is -0.467 e. The molecule has 3 rings (SSSR count). The monoisotopic (exact) mass is 376 g/mol. The first-order valence-corrected chi connectivity index (χ1v) is 8.93. The number of furan rings is 1. The molecule has 0 aliphatic carbocycles. The molecule has 2 aromatic heterocycles. The van der Waals surface area contributed by atoms with E-state index in [9.17, 15) is 4.79 Å². The van der Waals surface area contributed by atoms with Gasteiger partial charge < -0.3 is 14.3 Å². The van der Waals surface area contributed by atoms with Crippen LogP contribution in [0.4, 0.5) is 0 Å². The van der Waals surface area contributed by atoms with E-state index in [2.05, 4.69) is 15.5 Å². The number of amides is 1. The number of aromatic nitrogens is 3. The maximum atomic E-state index is 12.2. The predicted molar refractivity (Wildman–Crippen MR) is 97.3 cm³/mol. The van der Waals surface area contributed by atoms with Crippen LogP contribution in [-0.4, -0.2) is 25.9 Å². The molecule has 1 N–H and O–H groups in total. The predicted octanol–water partition coefficient (Wildman–Crippen LogP) is 3.53. The van der Waals surface area contributed by atoms with Crippen LogP contribution < -0.4 is 5.32 Å². The number of nitrogens with zero attached hydrogens (tertiary/aromatic N) is 3. The Bertz CT molecular complexity index is 863. The van der Waals surface area contributed by atoms with Gasteiger partial charge in [0.25, 0.3) is 0 Å². The summed E-state index contributed by atoms with van der Waals surface area (Å²) in [6.07, 6.45) is 1.58. The fourth-order valence-electron chi connectivity index (χ4n) is 2.24. The number of thioether (sulfide) groups is 1. The second kappa shape index (κ2) is 7.76. The maximum absolute atomic E-state index is 12.2. The second-order valence-electron chi connectivity index (χ2n) is 5.40. The van der Waals surface area contributed by atoms with Crippen LogP contribution in [0.2, 0.25) is 5.02 Å². The second-order valence-corrected chi connectivity index (χ2v) is 7.12. The van der Waals surface area contributed by atoms with Crippen LogP contribution in [0, 0.1) is 0 Å². The van der Waals surface area contributed by atoms with Crippen molar-refractivity contribution >= 4 is 29.3 Å². The van der Waals surface area contributed by atoms with E-state index in [0.29, 0.717) is 28.3 Å². The first-order chi connectivity index (χ1) is 12.1. The number of carbonyl (C=O) groups excluding carboxylic acids is 1. The third-order valence-corrected chi connectivity index (χ3v) is 5.08. The van der Waals surface area contributed by atoms with E-state index in [1.165, 1.54) is 11.8 Å². The van der Waals surface area contributed by atoms with Crippen molar-refractivity contribution in [1.29, 1.82) is 0 Å². The summed E-state index contributed by atoms with van der Waals surface area (Å²) in [7, 11) is 1.86. The molecule has 0 aliphatic rings. The third-order valence-electron chi connectivity index (χ3n) is 3.62. The van der Waals surface area contributed by atoms with Crippen molar-refractivity contribution in [3.63, 3.8) is 0 Å². The molecular formula is C17H17ClN4O2S. The lowest BCUT2D eigenvalue weighted by atomic mass is 10.2. The van der Waals surface area contributed by atoms with Crippen molar-refractivity contribution in [3.8, 4) is 11.4 Å². The molecule has 0 aliphatic heterocycles. The van der Waals surface area contributed by atoms with Gasteiger partial charge in [-0.15, -0.1) is 10.2 Å². The standard InChI is InChI=1S/C17H17ClN4O2S/c1-11(16(23)19-10-12-6-5-9-24-12)25-17-21-20-15(22(17)2)13-7-3-4-8-14(13)18/h3-9,11H,10H2,1-2H3,(H,19,23)/t11-/m1/s1. The first kappa shape index (κ1) is 17.6. The Hall–Kier alpha value is -2.25. The summed E-state index contributed by atoms with van der Waals surface area (Å²) in [6.45, 7) is 2.19. The Labute approximate surface area is 154 Å². The number of hydrogen-bond acceptors (Lipinski definition) is 5. The van der Waals surface area contributed by atoms with Gasteiger partial charge in [0.2, 0.25) is 5.91 Å². The van der Waals surface area contributed by atoms with Gasteiger partial charge in [0.05, 0.1) is 23.1 Å². The van der Waals surface area contributed by atoms with E-state index in [4.69, 9.17) is 16.0 Å². The lowest BCUT2D eigenvalue weighted by Gasteiger charge is -2.11. The summed E-state index contributed by atoms with van der Waals surface area (Å²) in [6, 6.07) is 11.1. The van der Waals surface area contributed by atoms with Crippen molar-refractivity contribution in [2.75, 3.05) is 0 Å². The Morgan fingerprint density at radius 1 is 1.32 bits per heavy atom. The Morgan fingerprint density at radius 2 is 2.12 bits per heavy atom. The largest absolute Gasteiger partial charge is 0.467 e. The molecule has 0 spiro atoms. The van der Waals surface area contributed by atoms with Crippen molar-refractivity contribution in [1.82, 2.24) is 20.1 Å². The van der Waals surface area contributed by atoms with E-state index < -0.39 is 0 Å². The molecule has 25 heavy (non-hydrogen) atoms. The van der Waals surface area contributed by atoms with E-state index in [-0.39, 0.29) is 11.2 Å². The molecule has 0 unspecified atom stereocenters. The molecule has 0 saturated heterocycles. The van der Waals surface area contributed by atoms with Gasteiger partial charge in [-0.3, -0.25) is 4.79 Å². The van der Waals surface area contributed by atoms with Gasteiger partial charge in [0.15, 0.2) is 11.0 Å². The number of halogens is 1. The third kappa shape index (κ3) is 4.05. The van der Waals surface area contributed by atoms with Crippen LogP contribution in [-0.2, 0) is 18.4 Å². The molecule has 1 atom stereocenters. The van der Waals surface area contributed by atoms with Gasteiger partial charge in [-0.25, -0.2) is 0 Å². The zero-order valence-electron chi connectivity index (χ0n) is 13.8. The molecule has 130 valence electrons. The average molecular weight is 377 g/mol. The van der Waals surface area contributed by atoms with Gasteiger partial charge in [-0.1, -0.05) is 35.5 Å². The molecule has 3 aromatic rings. The smallest absolute Gasteiger partial charge is 0.233 e. The molecule has 1 amide bonds. The summed E-state index contributed by atoms with van der Waals surface area (Å²) in [5.74, 6) is 1.28. The van der Waals surface area contributed by atoms with Crippen LogP contribution in [0.3, 0.4) is 0 Å². The molecule has 6 nitrogen and oxygen atoms in total. The summed E-state index contributed by atoms with van der Waals surface area (Å²) >= 11 is 7.57. The zero-order chi connectivity index (χ0) is 17.8. The number of benzene rings is 1. The van der Waals surface area contributed by atoms with Crippen LogP contribution in [0.1, 0.15) is 12.7 Å². The Kier molecular flexibility index (Phi) is 5.45. The summed E-state index contributed by atoms with van der Waals surface area (Å²) < 4.78 is 7.04. The summed E-state index contributed by atoms with van der Waals surface area (Å²) in [5.41, 5.74) is 0.806. The number of rotatable bonds is 6. The van der Waals surface area contributed by atoms with Crippen LogP contribution in [0.5, 0.6) is 0 Å². The van der Waals surface area contributed by atoms with Crippen LogP contribution in [0.15, 0.2) is 52.2 Å². The minimum atomic E-state index is -0.322. The van der Waals surface area contributed by atoms with E-state index >= 15 is 0 Å². The highest BCUT2D eigenvalue weighted by atomic mass is 35.5. The molecule has 0 bridgehead atoms.